The van der Waals surface area contributed by atoms with Crippen LogP contribution < -0.4 is 14.8 Å². The SMILES string of the molecule is Cc1cc(OCC(=O)Nc2cc(Cl)ccc2Oc2ccccc2)ccc1Br. The molecule has 1 amide bonds. The highest BCUT2D eigenvalue weighted by molar-refractivity contribution is 9.10. The molecule has 0 aliphatic carbocycles. The Morgan fingerprint density at radius 1 is 1.04 bits per heavy atom. The third-order valence-corrected chi connectivity index (χ3v) is 4.81. The first-order valence-corrected chi connectivity index (χ1v) is 9.39. The molecule has 0 aliphatic rings. The van der Waals surface area contributed by atoms with Crippen LogP contribution in [0.15, 0.2) is 71.2 Å². The van der Waals surface area contributed by atoms with E-state index in [-0.39, 0.29) is 12.5 Å². The largest absolute Gasteiger partial charge is 0.484 e. The van der Waals surface area contributed by atoms with E-state index in [2.05, 4.69) is 21.2 Å². The van der Waals surface area contributed by atoms with Gasteiger partial charge in [0.25, 0.3) is 5.91 Å². The van der Waals surface area contributed by atoms with Crippen LogP contribution in [0.3, 0.4) is 0 Å². The second-order valence-electron chi connectivity index (χ2n) is 5.80. The first-order chi connectivity index (χ1) is 13.0. The monoisotopic (exact) mass is 445 g/mol. The van der Waals surface area contributed by atoms with Crippen molar-refractivity contribution in [1.82, 2.24) is 0 Å². The van der Waals surface area contributed by atoms with Crippen LogP contribution in [0, 0.1) is 6.92 Å². The summed E-state index contributed by atoms with van der Waals surface area (Å²) in [5.74, 6) is 1.48. The van der Waals surface area contributed by atoms with Crippen molar-refractivity contribution in [2.45, 2.75) is 6.92 Å². The normalized spacial score (nSPS) is 10.3. The van der Waals surface area contributed by atoms with E-state index in [1.807, 2.05) is 49.4 Å². The van der Waals surface area contributed by atoms with Crippen LogP contribution in [0.1, 0.15) is 5.56 Å². The summed E-state index contributed by atoms with van der Waals surface area (Å²) in [4.78, 5) is 12.3. The second-order valence-corrected chi connectivity index (χ2v) is 7.09. The van der Waals surface area contributed by atoms with Gasteiger partial charge in [-0.3, -0.25) is 4.79 Å². The molecule has 0 unspecified atom stereocenters. The summed E-state index contributed by atoms with van der Waals surface area (Å²) < 4.78 is 12.4. The maximum Gasteiger partial charge on any atom is 0.262 e. The van der Waals surface area contributed by atoms with Crippen molar-refractivity contribution in [2.75, 3.05) is 11.9 Å². The molecule has 1 N–H and O–H groups in total. The zero-order valence-electron chi connectivity index (χ0n) is 14.5. The van der Waals surface area contributed by atoms with Crippen molar-refractivity contribution in [2.24, 2.45) is 0 Å². The van der Waals surface area contributed by atoms with Gasteiger partial charge in [0.1, 0.15) is 11.5 Å². The molecule has 0 spiro atoms. The Morgan fingerprint density at radius 3 is 2.56 bits per heavy atom. The van der Waals surface area contributed by atoms with E-state index < -0.39 is 0 Å². The summed E-state index contributed by atoms with van der Waals surface area (Å²) in [7, 11) is 0. The third-order valence-electron chi connectivity index (χ3n) is 3.69. The maximum atomic E-state index is 12.3. The standard InChI is InChI=1S/C21H17BrClNO3/c1-14-11-17(8-9-18(14)22)26-13-21(25)24-19-12-15(23)7-10-20(19)27-16-5-3-2-4-6-16/h2-12H,13H2,1H3,(H,24,25). The molecule has 4 nitrogen and oxygen atoms in total. The van der Waals surface area contributed by atoms with Gasteiger partial charge in [0.2, 0.25) is 0 Å². The van der Waals surface area contributed by atoms with Crippen LogP contribution in [-0.2, 0) is 4.79 Å². The molecule has 0 saturated heterocycles. The molecule has 0 heterocycles. The molecule has 138 valence electrons. The molecule has 0 radical (unpaired) electrons. The van der Waals surface area contributed by atoms with Crippen LogP contribution in [-0.4, -0.2) is 12.5 Å². The van der Waals surface area contributed by atoms with Crippen LogP contribution >= 0.6 is 27.5 Å². The topological polar surface area (TPSA) is 47.6 Å². The average Bonchev–Trinajstić information content (AvgIpc) is 2.66. The van der Waals surface area contributed by atoms with E-state index in [0.717, 1.165) is 10.0 Å². The maximum absolute atomic E-state index is 12.3. The highest BCUT2D eigenvalue weighted by Gasteiger charge is 2.11. The zero-order valence-corrected chi connectivity index (χ0v) is 16.9. The highest BCUT2D eigenvalue weighted by Crippen LogP contribution is 2.32. The lowest BCUT2D eigenvalue weighted by Gasteiger charge is -2.13. The van der Waals surface area contributed by atoms with Crippen molar-refractivity contribution in [1.29, 1.82) is 0 Å². The quantitative estimate of drug-likeness (QED) is 0.489. The molecule has 0 aromatic heterocycles. The molecule has 0 atom stereocenters. The van der Waals surface area contributed by atoms with Gasteiger partial charge in [0.05, 0.1) is 5.69 Å². The summed E-state index contributed by atoms with van der Waals surface area (Å²) >= 11 is 9.50. The molecule has 0 aliphatic heterocycles. The van der Waals surface area contributed by atoms with Crippen molar-refractivity contribution >= 4 is 39.1 Å². The van der Waals surface area contributed by atoms with Crippen LogP contribution in [0.2, 0.25) is 5.02 Å². The fourth-order valence-corrected chi connectivity index (χ4v) is 2.77. The second kappa shape index (κ2) is 8.93. The summed E-state index contributed by atoms with van der Waals surface area (Å²) in [5.41, 5.74) is 1.51. The minimum absolute atomic E-state index is 0.127. The van der Waals surface area contributed by atoms with Crippen molar-refractivity contribution in [3.63, 3.8) is 0 Å². The average molecular weight is 447 g/mol. The number of anilines is 1. The number of carbonyl (C=O) groups is 1. The van der Waals surface area contributed by atoms with Crippen molar-refractivity contribution in [3.8, 4) is 17.2 Å². The lowest BCUT2D eigenvalue weighted by Crippen LogP contribution is -2.20. The minimum atomic E-state index is -0.309. The van der Waals surface area contributed by atoms with Gasteiger partial charge < -0.3 is 14.8 Å². The Balaban J connectivity index is 1.67. The number of nitrogens with one attached hydrogen (secondary N) is 1. The first-order valence-electron chi connectivity index (χ1n) is 8.22. The van der Waals surface area contributed by atoms with E-state index in [9.17, 15) is 4.79 Å². The Labute approximate surface area is 171 Å². The molecule has 0 saturated carbocycles. The Bertz CT molecular complexity index is 947. The minimum Gasteiger partial charge on any atom is -0.484 e. The fraction of sp³-hybridized carbons (Fsp3) is 0.0952. The lowest BCUT2D eigenvalue weighted by atomic mass is 10.2. The number of amides is 1. The number of ether oxygens (including phenoxy) is 2. The number of aryl methyl sites for hydroxylation is 1. The Morgan fingerprint density at radius 2 is 1.81 bits per heavy atom. The number of benzene rings is 3. The van der Waals surface area contributed by atoms with Gasteiger partial charge >= 0.3 is 0 Å². The fourth-order valence-electron chi connectivity index (χ4n) is 2.35. The van der Waals surface area contributed by atoms with Crippen molar-refractivity contribution < 1.29 is 14.3 Å². The summed E-state index contributed by atoms with van der Waals surface area (Å²) in [5, 5.41) is 3.28. The van der Waals surface area contributed by atoms with E-state index in [0.29, 0.717) is 28.0 Å². The van der Waals surface area contributed by atoms with E-state index in [1.165, 1.54) is 0 Å². The number of hydrogen-bond donors (Lipinski definition) is 1. The van der Waals surface area contributed by atoms with Gasteiger partial charge in [-0.25, -0.2) is 0 Å². The highest BCUT2D eigenvalue weighted by atomic mass is 79.9. The van der Waals surface area contributed by atoms with Gasteiger partial charge in [-0.05, 0) is 61.0 Å². The van der Waals surface area contributed by atoms with Gasteiger partial charge in [0.15, 0.2) is 12.4 Å². The molecule has 27 heavy (non-hydrogen) atoms. The molecule has 6 heteroatoms. The summed E-state index contributed by atoms with van der Waals surface area (Å²) in [6.45, 7) is 1.83. The third kappa shape index (κ3) is 5.49. The molecule has 0 bridgehead atoms. The van der Waals surface area contributed by atoms with Crippen molar-refractivity contribution in [3.05, 3.63) is 81.8 Å². The number of rotatable bonds is 6. The molecule has 3 aromatic carbocycles. The van der Waals surface area contributed by atoms with E-state index in [1.54, 1.807) is 24.3 Å². The number of halogens is 2. The molecule has 3 rings (SSSR count). The Kier molecular flexibility index (Phi) is 6.37. The van der Waals surface area contributed by atoms with Gasteiger partial charge in [-0.1, -0.05) is 45.7 Å². The predicted molar refractivity (Wildman–Crippen MR) is 111 cm³/mol. The van der Waals surface area contributed by atoms with Crippen LogP contribution in [0.5, 0.6) is 17.2 Å². The van der Waals surface area contributed by atoms with E-state index >= 15 is 0 Å². The number of hydrogen-bond acceptors (Lipinski definition) is 3. The van der Waals surface area contributed by atoms with Crippen LogP contribution in [0.4, 0.5) is 5.69 Å². The number of para-hydroxylation sites is 1. The molecular weight excluding hydrogens is 430 g/mol. The van der Waals surface area contributed by atoms with Crippen LogP contribution in [0.25, 0.3) is 0 Å². The van der Waals surface area contributed by atoms with Gasteiger partial charge in [-0.15, -0.1) is 0 Å². The Hall–Kier alpha value is -2.50. The number of carbonyl (C=O) groups excluding carboxylic acids is 1. The lowest BCUT2D eigenvalue weighted by molar-refractivity contribution is -0.118. The zero-order chi connectivity index (χ0) is 19.2. The molecule has 3 aromatic rings. The molecule has 0 fully saturated rings. The van der Waals surface area contributed by atoms with Gasteiger partial charge in [0, 0.05) is 9.50 Å². The predicted octanol–water partition coefficient (Wildman–Crippen LogP) is 6.22. The first kappa shape index (κ1) is 19.3. The summed E-state index contributed by atoms with van der Waals surface area (Å²) in [6.07, 6.45) is 0. The van der Waals surface area contributed by atoms with Gasteiger partial charge in [-0.2, -0.15) is 0 Å². The van der Waals surface area contributed by atoms with E-state index in [4.69, 9.17) is 21.1 Å². The molecular formula is C21H17BrClNO3. The smallest absolute Gasteiger partial charge is 0.262 e. The summed E-state index contributed by atoms with van der Waals surface area (Å²) in [6, 6.07) is 19.9.